The van der Waals surface area contributed by atoms with Crippen LogP contribution in [0.1, 0.15) is 12.0 Å². The number of nitrogens with zero attached hydrogens (tertiary/aromatic N) is 2. The minimum absolute atomic E-state index is 0.266. The van der Waals surface area contributed by atoms with Crippen LogP contribution in [0.25, 0.3) is 0 Å². The van der Waals surface area contributed by atoms with Crippen molar-refractivity contribution < 1.29 is 4.39 Å². The molecule has 0 bridgehead atoms. The van der Waals surface area contributed by atoms with E-state index in [1.165, 1.54) is 18.7 Å². The Hall–Kier alpha value is -1.00. The average Bonchev–Trinajstić information content (AvgIpc) is 2.62. The van der Waals surface area contributed by atoms with Crippen LogP contribution in [0, 0.1) is 5.82 Å². The highest BCUT2D eigenvalue weighted by Crippen LogP contribution is 2.07. The molecule has 1 aliphatic heterocycles. The summed E-state index contributed by atoms with van der Waals surface area (Å²) in [7, 11) is 2.12. The van der Waals surface area contributed by atoms with E-state index in [-0.39, 0.29) is 5.82 Å². The van der Waals surface area contributed by atoms with Crippen LogP contribution in [-0.2, 0) is 6.54 Å². The van der Waals surface area contributed by atoms with Crippen LogP contribution < -0.4 is 5.32 Å². The van der Waals surface area contributed by atoms with Crippen LogP contribution in [0.2, 0.25) is 0 Å². The van der Waals surface area contributed by atoms with Gasteiger partial charge in [0, 0.05) is 25.3 Å². The fourth-order valence-electron chi connectivity index (χ4n) is 1.92. The number of hydrogen-bond donors (Lipinski definition) is 1. The molecule has 1 saturated heterocycles. The van der Waals surface area contributed by atoms with Gasteiger partial charge in [-0.2, -0.15) is 0 Å². The Morgan fingerprint density at radius 3 is 3.13 bits per heavy atom. The number of rotatable bonds is 3. The van der Waals surface area contributed by atoms with Gasteiger partial charge in [0.2, 0.25) is 0 Å². The molecular weight excluding hydrogens is 193 g/mol. The van der Waals surface area contributed by atoms with Gasteiger partial charge in [-0.15, -0.1) is 0 Å². The number of hydrogen-bond acceptors (Lipinski definition) is 3. The zero-order valence-electron chi connectivity index (χ0n) is 8.91. The summed E-state index contributed by atoms with van der Waals surface area (Å²) in [6, 6.07) is 2.05. The van der Waals surface area contributed by atoms with Gasteiger partial charge in [0.25, 0.3) is 0 Å². The Morgan fingerprint density at radius 2 is 2.47 bits per heavy atom. The maximum Gasteiger partial charge on any atom is 0.141 e. The fourth-order valence-corrected chi connectivity index (χ4v) is 1.92. The molecule has 0 aromatic carbocycles. The van der Waals surface area contributed by atoms with E-state index in [9.17, 15) is 4.39 Å². The van der Waals surface area contributed by atoms with Gasteiger partial charge in [0.05, 0.1) is 6.20 Å². The SMILES string of the molecule is CN1CCC(NCc2cncc(F)c2)C1. The molecule has 1 N–H and O–H groups in total. The first-order valence-electron chi connectivity index (χ1n) is 5.25. The minimum Gasteiger partial charge on any atom is -0.309 e. The lowest BCUT2D eigenvalue weighted by molar-refractivity contribution is 0.397. The monoisotopic (exact) mass is 209 g/mol. The summed E-state index contributed by atoms with van der Waals surface area (Å²) in [4.78, 5) is 6.11. The molecule has 1 unspecified atom stereocenters. The van der Waals surface area contributed by atoms with Crippen LogP contribution in [0.15, 0.2) is 18.5 Å². The van der Waals surface area contributed by atoms with Gasteiger partial charge in [-0.25, -0.2) is 4.39 Å². The number of aromatic nitrogens is 1. The Labute approximate surface area is 89.3 Å². The van der Waals surface area contributed by atoms with Crippen molar-refractivity contribution in [3.63, 3.8) is 0 Å². The highest BCUT2D eigenvalue weighted by molar-refractivity contribution is 5.09. The van der Waals surface area contributed by atoms with Crippen molar-refractivity contribution in [2.24, 2.45) is 0 Å². The van der Waals surface area contributed by atoms with E-state index in [1.807, 2.05) is 0 Å². The predicted molar refractivity (Wildman–Crippen MR) is 56.9 cm³/mol. The standard InChI is InChI=1S/C11H16FN3/c1-15-3-2-11(8-15)14-6-9-4-10(12)7-13-5-9/h4-5,7,11,14H,2-3,6,8H2,1H3. The summed E-state index contributed by atoms with van der Waals surface area (Å²) >= 11 is 0. The molecule has 1 aliphatic rings. The number of halogens is 1. The Kier molecular flexibility index (Phi) is 3.28. The van der Waals surface area contributed by atoms with Crippen molar-refractivity contribution in [3.8, 4) is 0 Å². The molecule has 0 amide bonds. The molecule has 4 heteroatoms. The molecule has 1 aromatic rings. The van der Waals surface area contributed by atoms with Crippen LogP contribution in [0.5, 0.6) is 0 Å². The van der Waals surface area contributed by atoms with E-state index in [0.717, 1.165) is 18.7 Å². The highest BCUT2D eigenvalue weighted by Gasteiger charge is 2.18. The Bertz CT molecular complexity index is 329. The second kappa shape index (κ2) is 4.68. The molecule has 15 heavy (non-hydrogen) atoms. The molecule has 2 heterocycles. The second-order valence-electron chi connectivity index (χ2n) is 4.14. The molecule has 0 radical (unpaired) electrons. The second-order valence-corrected chi connectivity index (χ2v) is 4.14. The van der Waals surface area contributed by atoms with E-state index in [1.54, 1.807) is 6.20 Å². The Morgan fingerprint density at radius 1 is 1.60 bits per heavy atom. The van der Waals surface area contributed by atoms with E-state index in [2.05, 4.69) is 22.2 Å². The van der Waals surface area contributed by atoms with Gasteiger partial charge in [0.15, 0.2) is 0 Å². The zero-order valence-corrected chi connectivity index (χ0v) is 8.91. The quantitative estimate of drug-likeness (QED) is 0.805. The lowest BCUT2D eigenvalue weighted by atomic mass is 10.2. The highest BCUT2D eigenvalue weighted by atomic mass is 19.1. The molecular formula is C11H16FN3. The largest absolute Gasteiger partial charge is 0.309 e. The van der Waals surface area contributed by atoms with Crippen LogP contribution in [0.4, 0.5) is 4.39 Å². The molecule has 82 valence electrons. The van der Waals surface area contributed by atoms with Crippen molar-refractivity contribution >= 4 is 0 Å². The van der Waals surface area contributed by atoms with Crippen molar-refractivity contribution in [1.82, 2.24) is 15.2 Å². The molecule has 1 fully saturated rings. The molecule has 0 spiro atoms. The summed E-state index contributed by atoms with van der Waals surface area (Å²) in [5, 5.41) is 3.41. The third kappa shape index (κ3) is 2.97. The van der Waals surface area contributed by atoms with Crippen molar-refractivity contribution in [2.75, 3.05) is 20.1 Å². The topological polar surface area (TPSA) is 28.2 Å². The first-order chi connectivity index (χ1) is 7.24. The lowest BCUT2D eigenvalue weighted by Crippen LogP contribution is -2.30. The van der Waals surface area contributed by atoms with Crippen LogP contribution in [0.3, 0.4) is 0 Å². The van der Waals surface area contributed by atoms with Crippen molar-refractivity contribution in [2.45, 2.75) is 19.0 Å². The Balaban J connectivity index is 1.83. The van der Waals surface area contributed by atoms with E-state index in [4.69, 9.17) is 0 Å². The van der Waals surface area contributed by atoms with Gasteiger partial charge in [0.1, 0.15) is 5.82 Å². The van der Waals surface area contributed by atoms with Gasteiger partial charge < -0.3 is 10.2 Å². The number of nitrogens with one attached hydrogen (secondary N) is 1. The molecule has 1 aromatic heterocycles. The normalized spacial score (nSPS) is 22.1. The predicted octanol–water partition coefficient (Wildman–Crippen LogP) is 1.01. The third-order valence-corrected chi connectivity index (χ3v) is 2.75. The number of pyridine rings is 1. The van der Waals surface area contributed by atoms with E-state index >= 15 is 0 Å². The smallest absolute Gasteiger partial charge is 0.141 e. The summed E-state index contributed by atoms with van der Waals surface area (Å²) in [5.41, 5.74) is 0.907. The summed E-state index contributed by atoms with van der Waals surface area (Å²) in [6.07, 6.45) is 4.10. The maximum atomic E-state index is 12.8. The van der Waals surface area contributed by atoms with Crippen LogP contribution >= 0.6 is 0 Å². The third-order valence-electron chi connectivity index (χ3n) is 2.75. The van der Waals surface area contributed by atoms with E-state index < -0.39 is 0 Å². The molecule has 0 saturated carbocycles. The summed E-state index contributed by atoms with van der Waals surface area (Å²) in [5.74, 6) is -0.266. The first kappa shape index (κ1) is 10.5. The maximum absolute atomic E-state index is 12.8. The van der Waals surface area contributed by atoms with E-state index in [0.29, 0.717) is 12.6 Å². The summed E-state index contributed by atoms with van der Waals surface area (Å²) < 4.78 is 12.8. The number of likely N-dealkylation sites (tertiary alicyclic amines) is 1. The van der Waals surface area contributed by atoms with Crippen LogP contribution in [-0.4, -0.2) is 36.1 Å². The van der Waals surface area contributed by atoms with Gasteiger partial charge in [-0.05, 0) is 31.6 Å². The molecule has 1 atom stereocenters. The lowest BCUT2D eigenvalue weighted by Gasteiger charge is -2.12. The van der Waals surface area contributed by atoms with Gasteiger partial charge in [-0.1, -0.05) is 0 Å². The average molecular weight is 209 g/mol. The fraction of sp³-hybridized carbons (Fsp3) is 0.545. The minimum atomic E-state index is -0.266. The zero-order chi connectivity index (χ0) is 10.7. The van der Waals surface area contributed by atoms with Crippen molar-refractivity contribution in [1.29, 1.82) is 0 Å². The molecule has 0 aliphatic carbocycles. The van der Waals surface area contributed by atoms with Gasteiger partial charge in [-0.3, -0.25) is 4.98 Å². The molecule has 3 nitrogen and oxygen atoms in total. The van der Waals surface area contributed by atoms with Gasteiger partial charge >= 0.3 is 0 Å². The number of likely N-dealkylation sites (N-methyl/N-ethyl adjacent to an activating group) is 1. The first-order valence-corrected chi connectivity index (χ1v) is 5.25. The summed E-state index contributed by atoms with van der Waals surface area (Å²) in [6.45, 7) is 2.91. The van der Waals surface area contributed by atoms with Crippen molar-refractivity contribution in [3.05, 3.63) is 29.8 Å². The molecule has 2 rings (SSSR count).